The van der Waals surface area contributed by atoms with Gasteiger partial charge in [0, 0.05) is 23.3 Å². The van der Waals surface area contributed by atoms with Gasteiger partial charge in [0.1, 0.15) is 5.82 Å². The number of anilines is 1. The molecule has 1 aromatic heterocycles. The van der Waals surface area contributed by atoms with Gasteiger partial charge >= 0.3 is 6.18 Å². The first-order valence-electron chi connectivity index (χ1n) is 7.82. The molecular weight excluding hydrogens is 417 g/mol. The van der Waals surface area contributed by atoms with E-state index in [-0.39, 0.29) is 39.0 Å². The molecule has 0 bridgehead atoms. The Labute approximate surface area is 163 Å². The Hall–Kier alpha value is -2.59. The van der Waals surface area contributed by atoms with Crippen molar-refractivity contribution in [2.45, 2.75) is 17.5 Å². The van der Waals surface area contributed by atoms with Gasteiger partial charge in [0.2, 0.25) is 5.95 Å². The minimum Gasteiger partial charge on any atom is -0.367 e. The fraction of sp³-hybridized carbons (Fsp3) is 0.176. The van der Waals surface area contributed by atoms with Crippen molar-refractivity contribution in [3.63, 3.8) is 0 Å². The summed E-state index contributed by atoms with van der Waals surface area (Å²) >= 11 is 6.19. The van der Waals surface area contributed by atoms with Crippen molar-refractivity contribution in [2.24, 2.45) is 0 Å². The van der Waals surface area contributed by atoms with Crippen molar-refractivity contribution < 1.29 is 21.6 Å². The third-order valence-corrected chi connectivity index (χ3v) is 5.37. The molecule has 28 heavy (non-hydrogen) atoms. The molecular formula is C17H14ClF3N4O2S. The maximum absolute atomic E-state index is 13.7. The van der Waals surface area contributed by atoms with Gasteiger partial charge in [-0.1, -0.05) is 23.7 Å². The summed E-state index contributed by atoms with van der Waals surface area (Å²) in [6, 6.07) is 7.45. The van der Waals surface area contributed by atoms with Crippen LogP contribution < -0.4 is 5.73 Å². The smallest absolute Gasteiger partial charge is 0.367 e. The predicted molar refractivity (Wildman–Crippen MR) is 98.6 cm³/mol. The zero-order valence-corrected chi connectivity index (χ0v) is 16.0. The number of nitrogens with zero attached hydrogens (tertiary/aromatic N) is 2. The molecule has 0 amide bonds. The lowest BCUT2D eigenvalue weighted by molar-refractivity contribution is -0.137. The van der Waals surface area contributed by atoms with Crippen LogP contribution in [0.25, 0.3) is 11.1 Å². The Bertz CT molecular complexity index is 1130. The van der Waals surface area contributed by atoms with Gasteiger partial charge in [0.25, 0.3) is 0 Å². The third kappa shape index (κ3) is 4.28. The van der Waals surface area contributed by atoms with E-state index in [2.05, 4.69) is 15.2 Å². The number of rotatable bonds is 4. The summed E-state index contributed by atoms with van der Waals surface area (Å²) in [5, 5.41) is 6.05. The molecule has 0 fully saturated rings. The Morgan fingerprint density at radius 2 is 1.82 bits per heavy atom. The molecule has 1 heterocycles. The van der Waals surface area contributed by atoms with Crippen LogP contribution in [0, 0.1) is 0 Å². The van der Waals surface area contributed by atoms with Gasteiger partial charge in [-0.25, -0.2) is 8.42 Å². The van der Waals surface area contributed by atoms with Crippen molar-refractivity contribution in [1.29, 1.82) is 0 Å². The molecule has 0 aliphatic rings. The Kier molecular flexibility index (Phi) is 5.11. The topological polar surface area (TPSA) is 102 Å². The number of aromatic nitrogens is 3. The summed E-state index contributed by atoms with van der Waals surface area (Å²) in [5.74, 6) is 0.284. The average Bonchev–Trinajstić information content (AvgIpc) is 2.98. The Balaban J connectivity index is 2.10. The number of aromatic amines is 1. The summed E-state index contributed by atoms with van der Waals surface area (Å²) in [5.41, 5.74) is 4.66. The lowest BCUT2D eigenvalue weighted by atomic mass is 9.96. The van der Waals surface area contributed by atoms with E-state index in [4.69, 9.17) is 17.3 Å². The number of benzene rings is 2. The van der Waals surface area contributed by atoms with Gasteiger partial charge in [-0.05, 0) is 35.4 Å². The molecule has 6 nitrogen and oxygen atoms in total. The van der Waals surface area contributed by atoms with Crippen LogP contribution >= 0.6 is 11.6 Å². The minimum absolute atomic E-state index is 0.000425. The van der Waals surface area contributed by atoms with Crippen LogP contribution in [0.15, 0.2) is 41.3 Å². The highest BCUT2D eigenvalue weighted by atomic mass is 35.5. The SMILES string of the molecule is CS(=O)(=O)c1ccc(-c2c(Cl)cc(Cc3nc(N)n[nH]3)cc2C(F)(F)F)cc1. The maximum Gasteiger partial charge on any atom is 0.417 e. The molecule has 11 heteroatoms. The number of alkyl halides is 3. The second kappa shape index (κ2) is 7.10. The summed E-state index contributed by atoms with van der Waals surface area (Å²) in [6.07, 6.45) is -3.63. The Morgan fingerprint density at radius 1 is 1.18 bits per heavy atom. The van der Waals surface area contributed by atoms with Crippen LogP contribution in [0.3, 0.4) is 0 Å². The lowest BCUT2D eigenvalue weighted by Gasteiger charge is -2.17. The molecule has 0 spiro atoms. The van der Waals surface area contributed by atoms with E-state index in [0.29, 0.717) is 5.82 Å². The molecule has 0 saturated heterocycles. The normalized spacial score (nSPS) is 12.3. The molecule has 3 N–H and O–H groups in total. The first kappa shape index (κ1) is 20.2. The van der Waals surface area contributed by atoms with Gasteiger partial charge in [-0.2, -0.15) is 18.2 Å². The van der Waals surface area contributed by atoms with E-state index in [1.54, 1.807) is 0 Å². The number of halogens is 4. The highest BCUT2D eigenvalue weighted by Gasteiger charge is 2.35. The summed E-state index contributed by atoms with van der Waals surface area (Å²) in [7, 11) is -3.47. The highest BCUT2D eigenvalue weighted by molar-refractivity contribution is 7.90. The van der Waals surface area contributed by atoms with Gasteiger partial charge in [0.05, 0.1) is 10.5 Å². The van der Waals surface area contributed by atoms with Crippen LogP contribution in [0.4, 0.5) is 19.1 Å². The van der Waals surface area contributed by atoms with Crippen molar-refractivity contribution in [3.8, 4) is 11.1 Å². The predicted octanol–water partition coefficient (Wildman–Crippen LogP) is 3.72. The van der Waals surface area contributed by atoms with Crippen LogP contribution in [0.5, 0.6) is 0 Å². The van der Waals surface area contributed by atoms with Gasteiger partial charge in [-0.3, -0.25) is 5.10 Å². The van der Waals surface area contributed by atoms with Gasteiger partial charge in [0.15, 0.2) is 9.84 Å². The number of nitrogens with one attached hydrogen (secondary N) is 1. The fourth-order valence-electron chi connectivity index (χ4n) is 2.73. The number of nitrogen functional groups attached to an aromatic ring is 1. The van der Waals surface area contributed by atoms with Crippen LogP contribution in [-0.2, 0) is 22.4 Å². The quantitative estimate of drug-likeness (QED) is 0.656. The summed E-state index contributed by atoms with van der Waals surface area (Å²) < 4.78 is 64.2. The van der Waals surface area contributed by atoms with Crippen molar-refractivity contribution in [3.05, 3.63) is 58.4 Å². The average molecular weight is 431 g/mol. The molecule has 0 aliphatic carbocycles. The molecule has 3 rings (SSSR count). The molecule has 0 unspecified atom stereocenters. The van der Waals surface area contributed by atoms with E-state index in [1.807, 2.05) is 0 Å². The van der Waals surface area contributed by atoms with E-state index in [0.717, 1.165) is 12.3 Å². The first-order valence-corrected chi connectivity index (χ1v) is 10.1. The number of hydrogen-bond acceptors (Lipinski definition) is 5. The van der Waals surface area contributed by atoms with E-state index in [9.17, 15) is 21.6 Å². The van der Waals surface area contributed by atoms with Crippen LogP contribution in [-0.4, -0.2) is 29.9 Å². The second-order valence-corrected chi connectivity index (χ2v) is 8.53. The van der Waals surface area contributed by atoms with E-state index >= 15 is 0 Å². The summed E-state index contributed by atoms with van der Waals surface area (Å²) in [6.45, 7) is 0. The van der Waals surface area contributed by atoms with Gasteiger partial charge in [-0.15, -0.1) is 5.10 Å². The van der Waals surface area contributed by atoms with Crippen molar-refractivity contribution in [1.82, 2.24) is 15.2 Å². The third-order valence-electron chi connectivity index (χ3n) is 3.95. The second-order valence-electron chi connectivity index (χ2n) is 6.11. The largest absolute Gasteiger partial charge is 0.417 e. The van der Waals surface area contributed by atoms with E-state index < -0.39 is 21.6 Å². The van der Waals surface area contributed by atoms with Gasteiger partial charge < -0.3 is 5.73 Å². The van der Waals surface area contributed by atoms with Crippen LogP contribution in [0.2, 0.25) is 5.02 Å². The monoisotopic (exact) mass is 430 g/mol. The van der Waals surface area contributed by atoms with Crippen molar-refractivity contribution >= 4 is 27.4 Å². The molecule has 3 aromatic rings. The maximum atomic E-state index is 13.7. The fourth-order valence-corrected chi connectivity index (χ4v) is 3.71. The van der Waals surface area contributed by atoms with Crippen molar-refractivity contribution in [2.75, 3.05) is 12.0 Å². The molecule has 0 saturated carbocycles. The standard InChI is InChI=1S/C17H14ClF3N4O2S/c1-28(26,27)11-4-2-10(3-5-11)15-12(17(19,20)21)6-9(7-13(15)18)8-14-23-16(22)25-24-14/h2-7H,8H2,1H3,(H3,22,23,24,25). The molecule has 2 aromatic carbocycles. The number of hydrogen-bond donors (Lipinski definition) is 2. The zero-order valence-electron chi connectivity index (χ0n) is 14.4. The summed E-state index contributed by atoms with van der Waals surface area (Å²) in [4.78, 5) is 3.87. The molecule has 148 valence electrons. The minimum atomic E-state index is -4.68. The van der Waals surface area contributed by atoms with E-state index in [1.165, 1.54) is 30.3 Å². The molecule has 0 atom stereocenters. The highest BCUT2D eigenvalue weighted by Crippen LogP contribution is 2.42. The number of H-pyrrole nitrogens is 1. The molecule has 0 aliphatic heterocycles. The Morgan fingerprint density at radius 3 is 2.32 bits per heavy atom. The molecule has 0 radical (unpaired) electrons. The lowest BCUT2D eigenvalue weighted by Crippen LogP contribution is -2.09. The first-order chi connectivity index (χ1) is 12.9. The number of nitrogens with two attached hydrogens (primary N) is 1. The van der Waals surface area contributed by atoms with Crippen LogP contribution in [0.1, 0.15) is 17.0 Å². The zero-order chi connectivity index (χ0) is 20.7. The number of sulfone groups is 1.